The minimum Gasteiger partial charge on any atom is -0.216 e. The predicted molar refractivity (Wildman–Crippen MR) is 88.8 cm³/mol. The highest BCUT2D eigenvalue weighted by Crippen LogP contribution is 2.22. The van der Waals surface area contributed by atoms with E-state index < -0.39 is 11.6 Å². The highest BCUT2D eigenvalue weighted by atomic mass is 19.2. The molecule has 122 valence electrons. The average molecular weight is 318 g/mol. The molecule has 0 bridgehead atoms. The van der Waals surface area contributed by atoms with Crippen molar-refractivity contribution in [2.45, 2.75) is 38.5 Å². The van der Waals surface area contributed by atoms with Gasteiger partial charge in [-0.1, -0.05) is 49.2 Å². The number of hydrogen-bond acceptors (Lipinski definition) is 0. The first-order valence-electron chi connectivity index (χ1n) is 8.00. The van der Waals surface area contributed by atoms with Crippen LogP contribution in [0.5, 0.6) is 0 Å². The summed E-state index contributed by atoms with van der Waals surface area (Å²) in [5.41, 5.74) is 2.79. The highest BCUT2D eigenvalue weighted by molar-refractivity contribution is 5.63. The van der Waals surface area contributed by atoms with Gasteiger partial charge >= 0.3 is 0 Å². The molecule has 0 nitrogen and oxygen atoms in total. The van der Waals surface area contributed by atoms with Crippen LogP contribution in [0.15, 0.2) is 54.9 Å². The Balaban J connectivity index is 1.81. The van der Waals surface area contributed by atoms with Crippen LogP contribution < -0.4 is 0 Å². The molecule has 0 atom stereocenters. The molecule has 0 amide bonds. The molecule has 0 aliphatic carbocycles. The molecule has 2 aromatic carbocycles. The van der Waals surface area contributed by atoms with Crippen molar-refractivity contribution < 1.29 is 13.2 Å². The van der Waals surface area contributed by atoms with Crippen molar-refractivity contribution in [3.8, 4) is 11.1 Å². The lowest BCUT2D eigenvalue weighted by atomic mass is 10.0. The third-order valence-electron chi connectivity index (χ3n) is 3.88. The van der Waals surface area contributed by atoms with Gasteiger partial charge in [-0.15, -0.1) is 0 Å². The van der Waals surface area contributed by atoms with Crippen LogP contribution in [0.4, 0.5) is 13.2 Å². The molecule has 0 aromatic heterocycles. The summed E-state index contributed by atoms with van der Waals surface area (Å²) in [6.07, 6.45) is 8.32. The van der Waals surface area contributed by atoms with Gasteiger partial charge in [-0.3, -0.25) is 0 Å². The van der Waals surface area contributed by atoms with Crippen molar-refractivity contribution in [1.29, 1.82) is 0 Å². The first-order chi connectivity index (χ1) is 11.2. The Bertz CT molecular complexity index is 630. The minimum absolute atomic E-state index is 0.606. The predicted octanol–water partition coefficient (Wildman–Crippen LogP) is 6.61. The Labute approximate surface area is 135 Å². The second-order valence-corrected chi connectivity index (χ2v) is 5.64. The lowest BCUT2D eigenvalue weighted by molar-refractivity contribution is 0.509. The summed E-state index contributed by atoms with van der Waals surface area (Å²) < 4.78 is 38.0. The van der Waals surface area contributed by atoms with E-state index in [9.17, 15) is 13.2 Å². The van der Waals surface area contributed by atoms with Crippen molar-refractivity contribution in [3.63, 3.8) is 0 Å². The number of halogens is 3. The average Bonchev–Trinajstić information content (AvgIpc) is 2.57. The van der Waals surface area contributed by atoms with Crippen LogP contribution >= 0.6 is 0 Å². The zero-order valence-electron chi connectivity index (χ0n) is 13.1. The van der Waals surface area contributed by atoms with E-state index in [-0.39, 0.29) is 0 Å². The van der Waals surface area contributed by atoms with E-state index in [1.807, 2.05) is 24.3 Å². The molecule has 0 fully saturated rings. The maximum Gasteiger partial charge on any atom is 0.159 e. The maximum absolute atomic E-state index is 13.3. The molecule has 2 rings (SSSR count). The third kappa shape index (κ3) is 5.59. The summed E-state index contributed by atoms with van der Waals surface area (Å²) in [6, 6.07) is 11.9. The van der Waals surface area contributed by atoms with Crippen molar-refractivity contribution in [1.82, 2.24) is 0 Å². The van der Waals surface area contributed by atoms with Gasteiger partial charge in [0.05, 0.1) is 6.33 Å². The van der Waals surface area contributed by atoms with E-state index in [1.165, 1.54) is 11.6 Å². The first-order valence-corrected chi connectivity index (χ1v) is 8.00. The number of aryl methyl sites for hydroxylation is 1. The second kappa shape index (κ2) is 9.19. The smallest absolute Gasteiger partial charge is 0.159 e. The summed E-state index contributed by atoms with van der Waals surface area (Å²) in [4.78, 5) is 0. The Morgan fingerprint density at radius 1 is 0.739 bits per heavy atom. The summed E-state index contributed by atoms with van der Waals surface area (Å²) in [7, 11) is 0. The van der Waals surface area contributed by atoms with Crippen LogP contribution in [-0.2, 0) is 6.42 Å². The van der Waals surface area contributed by atoms with Gasteiger partial charge in [0.25, 0.3) is 0 Å². The van der Waals surface area contributed by atoms with E-state index in [1.54, 1.807) is 12.1 Å². The number of unbranched alkanes of at least 4 members (excludes halogenated alkanes) is 4. The lowest BCUT2D eigenvalue weighted by Crippen LogP contribution is -1.88. The van der Waals surface area contributed by atoms with Crippen LogP contribution in [0.1, 0.15) is 37.7 Å². The molecular formula is C20H21F3. The molecule has 3 heteroatoms. The second-order valence-electron chi connectivity index (χ2n) is 5.64. The molecular weight excluding hydrogens is 297 g/mol. The van der Waals surface area contributed by atoms with Crippen LogP contribution in [0.2, 0.25) is 0 Å². The molecule has 0 saturated carbocycles. The van der Waals surface area contributed by atoms with Gasteiger partial charge in [0, 0.05) is 0 Å². The largest absolute Gasteiger partial charge is 0.216 e. The van der Waals surface area contributed by atoms with Gasteiger partial charge in [-0.25, -0.2) is 13.2 Å². The SMILES string of the molecule is FC=CCCCCCCc1ccc(-c2ccc(F)c(F)c2)cc1. The summed E-state index contributed by atoms with van der Waals surface area (Å²) in [6.45, 7) is 0. The Kier molecular flexibility index (Phi) is 6.92. The van der Waals surface area contributed by atoms with Crippen molar-refractivity contribution in [2.75, 3.05) is 0 Å². The van der Waals surface area contributed by atoms with Gasteiger partial charge in [0.2, 0.25) is 0 Å². The molecule has 0 aliphatic heterocycles. The maximum atomic E-state index is 13.3. The van der Waals surface area contributed by atoms with E-state index >= 15 is 0 Å². The van der Waals surface area contributed by atoms with Crippen LogP contribution in [0, 0.1) is 11.6 Å². The summed E-state index contributed by atoms with van der Waals surface area (Å²) in [5, 5.41) is 0. The Hall–Kier alpha value is -2.03. The Morgan fingerprint density at radius 2 is 1.43 bits per heavy atom. The van der Waals surface area contributed by atoms with Crippen molar-refractivity contribution in [2.24, 2.45) is 0 Å². The monoisotopic (exact) mass is 318 g/mol. The van der Waals surface area contributed by atoms with Gasteiger partial charge < -0.3 is 0 Å². The fraction of sp³-hybridized carbons (Fsp3) is 0.300. The normalized spacial score (nSPS) is 11.3. The van der Waals surface area contributed by atoms with Crippen LogP contribution in [-0.4, -0.2) is 0 Å². The standard InChI is InChI=1S/C20H21F3/c21-14-6-4-2-1-3-5-7-16-8-10-17(11-9-16)18-12-13-19(22)20(23)15-18/h6,8-15H,1-5,7H2. The molecule has 0 spiro atoms. The molecule has 0 aliphatic rings. The zero-order chi connectivity index (χ0) is 16.5. The molecule has 0 radical (unpaired) electrons. The lowest BCUT2D eigenvalue weighted by Gasteiger charge is -2.05. The zero-order valence-corrected chi connectivity index (χ0v) is 13.1. The molecule has 2 aromatic rings. The number of rotatable bonds is 8. The molecule has 0 N–H and O–H groups in total. The quantitative estimate of drug-likeness (QED) is 0.480. The molecule has 23 heavy (non-hydrogen) atoms. The Morgan fingerprint density at radius 3 is 2.13 bits per heavy atom. The fourth-order valence-electron chi connectivity index (χ4n) is 2.55. The number of allylic oxidation sites excluding steroid dienone is 1. The van der Waals surface area contributed by atoms with E-state index in [2.05, 4.69) is 0 Å². The van der Waals surface area contributed by atoms with E-state index in [4.69, 9.17) is 0 Å². The third-order valence-corrected chi connectivity index (χ3v) is 3.88. The van der Waals surface area contributed by atoms with Crippen LogP contribution in [0.25, 0.3) is 11.1 Å². The van der Waals surface area contributed by atoms with Crippen molar-refractivity contribution >= 4 is 0 Å². The van der Waals surface area contributed by atoms with E-state index in [0.29, 0.717) is 11.9 Å². The van der Waals surface area contributed by atoms with Gasteiger partial charge in [0.1, 0.15) is 0 Å². The van der Waals surface area contributed by atoms with Gasteiger partial charge in [0.15, 0.2) is 11.6 Å². The first kappa shape index (κ1) is 17.3. The molecule has 0 unspecified atom stereocenters. The summed E-state index contributed by atoms with van der Waals surface area (Å²) in [5.74, 6) is -1.65. The van der Waals surface area contributed by atoms with E-state index in [0.717, 1.165) is 50.2 Å². The molecule has 0 saturated heterocycles. The van der Waals surface area contributed by atoms with Gasteiger partial charge in [-0.2, -0.15) is 0 Å². The van der Waals surface area contributed by atoms with Crippen molar-refractivity contribution in [3.05, 3.63) is 72.1 Å². The van der Waals surface area contributed by atoms with Crippen LogP contribution in [0.3, 0.4) is 0 Å². The summed E-state index contributed by atoms with van der Waals surface area (Å²) >= 11 is 0. The fourth-order valence-corrected chi connectivity index (χ4v) is 2.55. The van der Waals surface area contributed by atoms with Gasteiger partial charge in [-0.05, 0) is 54.5 Å². The minimum atomic E-state index is -0.827. The molecule has 0 heterocycles. The topological polar surface area (TPSA) is 0 Å². The number of benzene rings is 2. The highest BCUT2D eigenvalue weighted by Gasteiger charge is 2.04. The number of hydrogen-bond donors (Lipinski definition) is 0.